The molecule has 2 aromatic carbocycles. The lowest BCUT2D eigenvalue weighted by Crippen LogP contribution is -2.56. The minimum Gasteiger partial charge on any atom is -0.358 e. The molecule has 0 atom stereocenters. The summed E-state index contributed by atoms with van der Waals surface area (Å²) in [7, 11) is 0. The second kappa shape index (κ2) is 10.0. The minimum absolute atomic E-state index is 0.199. The number of ketones is 1. The van der Waals surface area contributed by atoms with Crippen molar-refractivity contribution in [2.24, 2.45) is 0 Å². The number of amides is 1. The zero-order chi connectivity index (χ0) is 28.0. The number of carbonyl (C=O) groups excluding carboxylic acids is 2. The fraction of sp³-hybridized carbons (Fsp3) is 0.312. The van der Waals surface area contributed by atoms with Gasteiger partial charge in [-0.2, -0.15) is 5.10 Å². The fourth-order valence-corrected chi connectivity index (χ4v) is 5.92. The topological polar surface area (TPSA) is 71.3 Å². The number of carbonyl (C=O) groups is 2. The van der Waals surface area contributed by atoms with Crippen LogP contribution in [0.1, 0.15) is 46.6 Å². The van der Waals surface area contributed by atoms with E-state index in [-0.39, 0.29) is 23.2 Å². The second-order valence-corrected chi connectivity index (χ2v) is 10.9. The molecule has 0 bridgehead atoms. The fourth-order valence-electron chi connectivity index (χ4n) is 5.92. The summed E-state index contributed by atoms with van der Waals surface area (Å²) in [6, 6.07) is 18.8. The van der Waals surface area contributed by atoms with Gasteiger partial charge in [-0.15, -0.1) is 0 Å². The molecule has 1 amide bonds. The Labute approximate surface area is 233 Å². The molecular weight excluding hydrogens is 505 g/mol. The maximum atomic E-state index is 14.5. The van der Waals surface area contributed by atoms with Crippen LogP contribution < -0.4 is 4.90 Å². The number of piperidine rings is 1. The van der Waals surface area contributed by atoms with Gasteiger partial charge >= 0.3 is 0 Å². The highest BCUT2D eigenvalue weighted by atomic mass is 19.1. The van der Waals surface area contributed by atoms with Crippen molar-refractivity contribution in [2.75, 3.05) is 24.5 Å². The molecule has 2 aliphatic heterocycles. The van der Waals surface area contributed by atoms with Gasteiger partial charge in [-0.25, -0.2) is 9.07 Å². The van der Waals surface area contributed by atoms with E-state index in [0.29, 0.717) is 55.8 Å². The molecule has 2 saturated heterocycles. The second-order valence-electron chi connectivity index (χ2n) is 10.9. The van der Waals surface area contributed by atoms with E-state index < -0.39 is 5.54 Å². The van der Waals surface area contributed by atoms with Crippen LogP contribution >= 0.6 is 0 Å². The summed E-state index contributed by atoms with van der Waals surface area (Å²) in [5.74, 6) is -0.288. The summed E-state index contributed by atoms with van der Waals surface area (Å²) in [5.41, 5.74) is 5.30. The summed E-state index contributed by atoms with van der Waals surface area (Å²) in [5, 5.41) is 4.65. The third-order valence-electron chi connectivity index (χ3n) is 8.36. The molecule has 204 valence electrons. The number of benzene rings is 2. The van der Waals surface area contributed by atoms with Crippen molar-refractivity contribution >= 4 is 17.4 Å². The molecule has 8 heteroatoms. The van der Waals surface area contributed by atoms with Crippen LogP contribution in [0, 0.1) is 26.6 Å². The Kier molecular flexibility index (Phi) is 6.49. The summed E-state index contributed by atoms with van der Waals surface area (Å²) < 4.78 is 16.1. The average Bonchev–Trinajstić information content (AvgIpc) is 3.53. The van der Waals surface area contributed by atoms with Crippen molar-refractivity contribution in [3.05, 3.63) is 95.2 Å². The predicted octanol–water partition coefficient (Wildman–Crippen LogP) is 5.45. The number of Topliss-reactive ketones (excluding diaryl/α,β-unsaturated/α-hetero) is 1. The smallest absolute Gasteiger partial charge is 0.274 e. The number of aromatic nitrogens is 3. The zero-order valence-corrected chi connectivity index (χ0v) is 23.0. The molecular formula is C32H32FN5O2. The summed E-state index contributed by atoms with van der Waals surface area (Å²) in [4.78, 5) is 35.3. The Balaban J connectivity index is 1.28. The van der Waals surface area contributed by atoms with Gasteiger partial charge < -0.3 is 9.80 Å². The van der Waals surface area contributed by atoms with Gasteiger partial charge in [0.1, 0.15) is 11.4 Å². The number of likely N-dealkylation sites (tertiary alicyclic amines) is 1. The quantitative estimate of drug-likeness (QED) is 0.346. The Bertz CT molecular complexity index is 1580. The van der Waals surface area contributed by atoms with Crippen molar-refractivity contribution in [2.45, 2.75) is 45.6 Å². The molecule has 0 aliphatic carbocycles. The van der Waals surface area contributed by atoms with Gasteiger partial charge in [-0.05, 0) is 81.6 Å². The van der Waals surface area contributed by atoms with Crippen molar-refractivity contribution in [3.8, 4) is 16.9 Å². The van der Waals surface area contributed by atoms with Crippen molar-refractivity contribution in [1.29, 1.82) is 0 Å². The van der Waals surface area contributed by atoms with Crippen molar-refractivity contribution in [3.63, 3.8) is 0 Å². The van der Waals surface area contributed by atoms with Crippen LogP contribution in [0.25, 0.3) is 16.9 Å². The molecule has 0 radical (unpaired) electrons. The van der Waals surface area contributed by atoms with Crippen LogP contribution in [-0.2, 0) is 4.79 Å². The Morgan fingerprint density at radius 3 is 2.30 bits per heavy atom. The van der Waals surface area contributed by atoms with Crippen LogP contribution in [0.4, 0.5) is 10.1 Å². The molecule has 0 N–H and O–H groups in total. The average molecular weight is 538 g/mol. The third kappa shape index (κ3) is 4.47. The van der Waals surface area contributed by atoms with E-state index in [4.69, 9.17) is 0 Å². The van der Waals surface area contributed by atoms with Crippen LogP contribution in [0.15, 0.2) is 66.9 Å². The highest BCUT2D eigenvalue weighted by molar-refractivity contribution is 5.97. The van der Waals surface area contributed by atoms with Gasteiger partial charge in [0.05, 0.1) is 11.4 Å². The molecule has 6 rings (SSSR count). The number of nitrogens with zero attached hydrogens (tertiary/aromatic N) is 5. The lowest BCUT2D eigenvalue weighted by atomic mass is 9.83. The lowest BCUT2D eigenvalue weighted by molar-refractivity contribution is -0.123. The standard InChI is InChI=1S/C32H32FN5O2/c1-21-4-9-25(10-5-21)37-15-12-30(39)32(37)13-16-36(17-14-32)31(40)28-19-29(24-8-7-23(3)34-20-24)38(35-28)26-11-6-22(2)27(33)18-26/h4-11,18-20H,12-17H2,1-3H3. The SMILES string of the molecule is Cc1ccc(N2CCC(=O)C23CCN(C(=O)c2cc(-c4ccc(C)nc4)n(-c4ccc(C)c(F)c4)n2)CC3)cc1. The van der Waals surface area contributed by atoms with E-state index in [2.05, 4.69) is 46.2 Å². The third-order valence-corrected chi connectivity index (χ3v) is 8.36. The Morgan fingerprint density at radius 2 is 1.62 bits per heavy atom. The van der Waals surface area contributed by atoms with E-state index in [9.17, 15) is 14.0 Å². The molecule has 2 fully saturated rings. The lowest BCUT2D eigenvalue weighted by Gasteiger charge is -2.44. The van der Waals surface area contributed by atoms with E-state index in [0.717, 1.165) is 16.9 Å². The van der Waals surface area contributed by atoms with Crippen LogP contribution in [0.3, 0.4) is 0 Å². The number of aryl methyl sites for hydroxylation is 3. The monoisotopic (exact) mass is 537 g/mol. The Morgan fingerprint density at radius 1 is 0.900 bits per heavy atom. The summed E-state index contributed by atoms with van der Waals surface area (Å²) in [6.07, 6.45) is 3.40. The van der Waals surface area contributed by atoms with E-state index >= 15 is 0 Å². The Hall–Kier alpha value is -4.33. The molecule has 0 saturated carbocycles. The molecule has 40 heavy (non-hydrogen) atoms. The first kappa shape index (κ1) is 25.9. The normalized spacial score (nSPS) is 16.6. The van der Waals surface area contributed by atoms with Gasteiger partial charge in [-0.1, -0.05) is 23.8 Å². The number of pyridine rings is 1. The maximum Gasteiger partial charge on any atom is 0.274 e. The molecule has 2 aliphatic rings. The first-order chi connectivity index (χ1) is 19.2. The molecule has 7 nitrogen and oxygen atoms in total. The first-order valence-corrected chi connectivity index (χ1v) is 13.7. The molecule has 1 spiro atoms. The zero-order valence-electron chi connectivity index (χ0n) is 23.0. The van der Waals surface area contributed by atoms with E-state index in [1.165, 1.54) is 11.6 Å². The van der Waals surface area contributed by atoms with Crippen molar-refractivity contribution < 1.29 is 14.0 Å². The largest absolute Gasteiger partial charge is 0.358 e. The van der Waals surface area contributed by atoms with Gasteiger partial charge in [0.25, 0.3) is 5.91 Å². The predicted molar refractivity (Wildman–Crippen MR) is 152 cm³/mol. The van der Waals surface area contributed by atoms with Gasteiger partial charge in [0.15, 0.2) is 11.5 Å². The molecule has 0 unspecified atom stereocenters. The minimum atomic E-state index is -0.580. The maximum absolute atomic E-state index is 14.5. The summed E-state index contributed by atoms with van der Waals surface area (Å²) >= 11 is 0. The number of halogens is 1. The van der Waals surface area contributed by atoms with Crippen molar-refractivity contribution in [1.82, 2.24) is 19.7 Å². The van der Waals surface area contributed by atoms with Gasteiger partial charge in [0, 0.05) is 49.2 Å². The van der Waals surface area contributed by atoms with Crippen LogP contribution in [-0.4, -0.2) is 56.5 Å². The molecule has 2 aromatic heterocycles. The number of hydrogen-bond donors (Lipinski definition) is 0. The van der Waals surface area contributed by atoms with Gasteiger partial charge in [-0.3, -0.25) is 14.6 Å². The van der Waals surface area contributed by atoms with Crippen LogP contribution in [0.5, 0.6) is 0 Å². The highest BCUT2D eigenvalue weighted by Crippen LogP contribution is 2.39. The van der Waals surface area contributed by atoms with Gasteiger partial charge in [0.2, 0.25) is 0 Å². The molecule has 4 aromatic rings. The van der Waals surface area contributed by atoms with E-state index in [1.807, 2.05) is 19.1 Å². The number of anilines is 1. The molecule has 4 heterocycles. The van der Waals surface area contributed by atoms with E-state index in [1.54, 1.807) is 40.9 Å². The summed E-state index contributed by atoms with van der Waals surface area (Å²) in [6.45, 7) is 7.28. The number of rotatable bonds is 4. The highest BCUT2D eigenvalue weighted by Gasteiger charge is 2.50. The number of hydrogen-bond acceptors (Lipinski definition) is 5. The first-order valence-electron chi connectivity index (χ1n) is 13.7. The van der Waals surface area contributed by atoms with Crippen LogP contribution in [0.2, 0.25) is 0 Å².